The molecule has 3 aromatic rings. The van der Waals surface area contributed by atoms with Crippen molar-refractivity contribution < 1.29 is 9.59 Å². The molecule has 8 nitrogen and oxygen atoms in total. The Balaban J connectivity index is 1.86. The molecule has 0 radical (unpaired) electrons. The molecule has 0 aliphatic rings. The van der Waals surface area contributed by atoms with Crippen LogP contribution in [0.3, 0.4) is 0 Å². The summed E-state index contributed by atoms with van der Waals surface area (Å²) >= 11 is 5.96. The molecule has 0 saturated carbocycles. The van der Waals surface area contributed by atoms with Crippen molar-refractivity contribution in [3.8, 4) is 5.95 Å². The lowest BCUT2D eigenvalue weighted by Crippen LogP contribution is -2.30. The topological polar surface area (TPSA) is 102 Å². The molecule has 2 heterocycles. The molecule has 2 aromatic heterocycles. The summed E-state index contributed by atoms with van der Waals surface area (Å²) in [6.07, 6.45) is 3.26. The molecule has 2 N–H and O–H groups in total. The van der Waals surface area contributed by atoms with Crippen LogP contribution in [0.15, 0.2) is 48.8 Å². The molecule has 31 heavy (non-hydrogen) atoms. The van der Waals surface area contributed by atoms with E-state index < -0.39 is 6.04 Å². The van der Waals surface area contributed by atoms with Gasteiger partial charge in [-0.05, 0) is 23.8 Å². The van der Waals surface area contributed by atoms with Crippen LogP contribution in [0.25, 0.3) is 5.95 Å². The number of benzene rings is 1. The first-order valence-electron chi connectivity index (χ1n) is 9.84. The van der Waals surface area contributed by atoms with E-state index >= 15 is 0 Å². The van der Waals surface area contributed by atoms with Crippen molar-refractivity contribution in [3.63, 3.8) is 0 Å². The number of amides is 2. The van der Waals surface area contributed by atoms with Gasteiger partial charge in [0.1, 0.15) is 5.82 Å². The van der Waals surface area contributed by atoms with Crippen molar-refractivity contribution in [1.29, 1.82) is 0 Å². The number of hydrogen-bond acceptors (Lipinski definition) is 5. The second kappa shape index (κ2) is 9.26. The highest BCUT2D eigenvalue weighted by molar-refractivity contribution is 6.30. The third kappa shape index (κ3) is 5.88. The molecule has 0 fully saturated rings. The number of halogens is 1. The highest BCUT2D eigenvalue weighted by atomic mass is 35.5. The average molecular weight is 441 g/mol. The van der Waals surface area contributed by atoms with Gasteiger partial charge in [0.25, 0.3) is 5.95 Å². The normalized spacial score (nSPS) is 12.3. The van der Waals surface area contributed by atoms with Gasteiger partial charge in [0.2, 0.25) is 11.8 Å². The Kier molecular flexibility index (Phi) is 6.70. The Morgan fingerprint density at radius 3 is 2.35 bits per heavy atom. The summed E-state index contributed by atoms with van der Waals surface area (Å²) in [6.45, 7) is 7.51. The second-order valence-corrected chi connectivity index (χ2v) is 8.62. The average Bonchev–Trinajstić information content (AvgIpc) is 3.12. The van der Waals surface area contributed by atoms with Gasteiger partial charge in [-0.3, -0.25) is 9.59 Å². The highest BCUT2D eigenvalue weighted by Gasteiger charge is 2.24. The molecule has 0 aliphatic carbocycles. The van der Waals surface area contributed by atoms with Crippen molar-refractivity contribution in [1.82, 2.24) is 25.1 Å². The molecule has 1 unspecified atom stereocenters. The van der Waals surface area contributed by atoms with Crippen molar-refractivity contribution in [2.45, 2.75) is 45.6 Å². The van der Waals surface area contributed by atoms with E-state index in [0.29, 0.717) is 16.8 Å². The van der Waals surface area contributed by atoms with E-state index in [-0.39, 0.29) is 23.7 Å². The molecule has 0 spiro atoms. The summed E-state index contributed by atoms with van der Waals surface area (Å²) in [5.74, 6) is 0.292. The molecule has 3 rings (SSSR count). The fraction of sp³-hybridized carbons (Fsp3) is 0.318. The molecular formula is C22H25ClN6O2. The van der Waals surface area contributed by atoms with E-state index in [4.69, 9.17) is 11.6 Å². The van der Waals surface area contributed by atoms with E-state index in [2.05, 4.69) is 25.7 Å². The molecule has 9 heteroatoms. The summed E-state index contributed by atoms with van der Waals surface area (Å²) in [4.78, 5) is 33.1. The van der Waals surface area contributed by atoms with Crippen LogP contribution in [0.4, 0.5) is 5.82 Å². The van der Waals surface area contributed by atoms with Crippen molar-refractivity contribution >= 4 is 29.2 Å². The van der Waals surface area contributed by atoms with Crippen LogP contribution < -0.4 is 10.6 Å². The monoisotopic (exact) mass is 440 g/mol. The lowest BCUT2D eigenvalue weighted by Gasteiger charge is -2.18. The summed E-state index contributed by atoms with van der Waals surface area (Å²) in [5.41, 5.74) is 1.33. The third-order valence-corrected chi connectivity index (χ3v) is 4.78. The van der Waals surface area contributed by atoms with Gasteiger partial charge < -0.3 is 10.6 Å². The quantitative estimate of drug-likeness (QED) is 0.606. The van der Waals surface area contributed by atoms with Gasteiger partial charge in [0.05, 0.1) is 18.2 Å². The van der Waals surface area contributed by atoms with E-state index in [9.17, 15) is 9.59 Å². The minimum absolute atomic E-state index is 0.0346. The van der Waals surface area contributed by atoms with Gasteiger partial charge in [0, 0.05) is 35.8 Å². The molecule has 162 valence electrons. The number of carbonyl (C=O) groups excluding carboxylic acids is 2. The number of nitrogens with one attached hydrogen (secondary N) is 2. The van der Waals surface area contributed by atoms with Crippen LogP contribution in [0.5, 0.6) is 0 Å². The number of nitrogens with zero attached hydrogens (tertiary/aromatic N) is 4. The fourth-order valence-electron chi connectivity index (χ4n) is 2.96. The first-order chi connectivity index (χ1) is 14.6. The smallest absolute Gasteiger partial charge is 0.252 e. The summed E-state index contributed by atoms with van der Waals surface area (Å²) < 4.78 is 1.51. The van der Waals surface area contributed by atoms with Gasteiger partial charge in [-0.1, -0.05) is 44.5 Å². The van der Waals surface area contributed by atoms with Crippen LogP contribution >= 0.6 is 11.6 Å². The zero-order valence-corrected chi connectivity index (χ0v) is 18.6. The van der Waals surface area contributed by atoms with Crippen molar-refractivity contribution in [2.75, 3.05) is 5.32 Å². The predicted octanol–water partition coefficient (Wildman–Crippen LogP) is 3.82. The van der Waals surface area contributed by atoms with E-state index in [1.165, 1.54) is 11.6 Å². The lowest BCUT2D eigenvalue weighted by molar-refractivity contribution is -0.120. The molecule has 0 aliphatic heterocycles. The van der Waals surface area contributed by atoms with Crippen molar-refractivity contribution in [3.05, 3.63) is 65.1 Å². The maximum Gasteiger partial charge on any atom is 0.252 e. The van der Waals surface area contributed by atoms with Crippen LogP contribution in [0, 0.1) is 0 Å². The molecule has 1 atom stereocenters. The Labute approximate surface area is 186 Å². The summed E-state index contributed by atoms with van der Waals surface area (Å²) in [5, 5.41) is 10.9. The van der Waals surface area contributed by atoms with Gasteiger partial charge in [0.15, 0.2) is 0 Å². The number of rotatable bonds is 6. The summed E-state index contributed by atoms with van der Waals surface area (Å²) in [6, 6.07) is 10.0. The standard InChI is InChI=1S/C22H25ClN6O2/c1-14(30)26-17(15-6-8-16(23)9-7-15)12-20(31)27-19-13-18(22(2,3)4)28-29(19)21-24-10-5-11-25-21/h5-11,13,17H,12H2,1-4H3,(H,26,30)(H,27,31). The Hall–Kier alpha value is -3.26. The first kappa shape index (κ1) is 22.4. The van der Waals surface area contributed by atoms with E-state index in [1.54, 1.807) is 42.7 Å². The van der Waals surface area contributed by atoms with Gasteiger partial charge in [-0.15, -0.1) is 0 Å². The van der Waals surface area contributed by atoms with Crippen LogP contribution in [-0.4, -0.2) is 31.6 Å². The maximum atomic E-state index is 12.9. The molecule has 0 bridgehead atoms. The van der Waals surface area contributed by atoms with Crippen LogP contribution in [0.2, 0.25) is 5.02 Å². The minimum Gasteiger partial charge on any atom is -0.349 e. The zero-order chi connectivity index (χ0) is 22.6. The van der Waals surface area contributed by atoms with Crippen LogP contribution in [-0.2, 0) is 15.0 Å². The minimum atomic E-state index is -0.499. The summed E-state index contributed by atoms with van der Waals surface area (Å²) in [7, 11) is 0. The SMILES string of the molecule is CC(=O)NC(CC(=O)Nc1cc(C(C)(C)C)nn1-c1ncccn1)c1ccc(Cl)cc1. The number of carbonyl (C=O) groups is 2. The largest absolute Gasteiger partial charge is 0.349 e. The van der Waals surface area contributed by atoms with Crippen LogP contribution in [0.1, 0.15) is 51.4 Å². The van der Waals surface area contributed by atoms with E-state index in [1.807, 2.05) is 26.8 Å². The van der Waals surface area contributed by atoms with Gasteiger partial charge >= 0.3 is 0 Å². The van der Waals surface area contributed by atoms with Gasteiger partial charge in [-0.2, -0.15) is 9.78 Å². The second-order valence-electron chi connectivity index (χ2n) is 8.18. The zero-order valence-electron chi connectivity index (χ0n) is 17.9. The predicted molar refractivity (Wildman–Crippen MR) is 119 cm³/mol. The number of hydrogen-bond donors (Lipinski definition) is 2. The lowest BCUT2D eigenvalue weighted by atomic mass is 9.92. The number of aromatic nitrogens is 4. The third-order valence-electron chi connectivity index (χ3n) is 4.53. The Morgan fingerprint density at radius 1 is 1.13 bits per heavy atom. The Bertz CT molecular complexity index is 1060. The highest BCUT2D eigenvalue weighted by Crippen LogP contribution is 2.26. The first-order valence-corrected chi connectivity index (χ1v) is 10.2. The van der Waals surface area contributed by atoms with E-state index in [0.717, 1.165) is 11.3 Å². The molecule has 0 saturated heterocycles. The maximum absolute atomic E-state index is 12.9. The fourth-order valence-corrected chi connectivity index (χ4v) is 3.09. The molecular weight excluding hydrogens is 416 g/mol. The molecule has 2 amide bonds. The van der Waals surface area contributed by atoms with Crippen molar-refractivity contribution in [2.24, 2.45) is 0 Å². The number of anilines is 1. The van der Waals surface area contributed by atoms with Gasteiger partial charge in [-0.25, -0.2) is 9.97 Å². The Morgan fingerprint density at radius 2 is 1.77 bits per heavy atom. The molecule has 1 aromatic carbocycles.